The zero-order chi connectivity index (χ0) is 27.1. The monoisotopic (exact) mass is 507 g/mol. The van der Waals surface area contributed by atoms with E-state index in [4.69, 9.17) is 19.3 Å². The molecular weight excluding hydrogens is 466 g/mol. The van der Waals surface area contributed by atoms with Gasteiger partial charge in [0.15, 0.2) is 0 Å². The van der Waals surface area contributed by atoms with Gasteiger partial charge in [-0.15, -0.1) is 0 Å². The van der Waals surface area contributed by atoms with Crippen LogP contribution in [0, 0.1) is 0 Å². The van der Waals surface area contributed by atoms with Crippen molar-refractivity contribution in [3.8, 4) is 11.5 Å². The minimum absolute atomic E-state index is 0.0517. The molecule has 200 valence electrons. The lowest BCUT2D eigenvalue weighted by Crippen LogP contribution is -2.33. The molecule has 0 amide bonds. The Morgan fingerprint density at radius 1 is 0.730 bits per heavy atom. The van der Waals surface area contributed by atoms with Gasteiger partial charge in [0, 0.05) is 13.0 Å². The van der Waals surface area contributed by atoms with E-state index in [9.17, 15) is 4.79 Å². The van der Waals surface area contributed by atoms with Crippen LogP contribution in [0.15, 0.2) is 78.9 Å². The number of carbonyl (C=O) groups is 1. The summed E-state index contributed by atoms with van der Waals surface area (Å²) in [5.74, 6) is 0.667. The summed E-state index contributed by atoms with van der Waals surface area (Å²) in [6.07, 6.45) is 0.465. The second kappa shape index (κ2) is 15.7. The van der Waals surface area contributed by atoms with Gasteiger partial charge in [0.25, 0.3) is 0 Å². The SMILES string of the molecule is CCN(CC)CC.COc1ccc(C(OCCCC(=O)O)(c2ccccc2)c2ccc(OC)cc2)cc1. The Kier molecular flexibility index (Phi) is 12.7. The molecule has 0 aromatic heterocycles. The second-order valence-electron chi connectivity index (χ2n) is 8.47. The summed E-state index contributed by atoms with van der Waals surface area (Å²) < 4.78 is 17.2. The molecular formula is C31H41NO5. The summed E-state index contributed by atoms with van der Waals surface area (Å²) in [4.78, 5) is 13.4. The Labute approximate surface area is 221 Å². The van der Waals surface area contributed by atoms with Gasteiger partial charge in [-0.2, -0.15) is 0 Å². The Balaban J connectivity index is 0.000000604. The van der Waals surface area contributed by atoms with Gasteiger partial charge in [-0.3, -0.25) is 4.79 Å². The highest BCUT2D eigenvalue weighted by atomic mass is 16.5. The van der Waals surface area contributed by atoms with Crippen LogP contribution in [0.25, 0.3) is 0 Å². The lowest BCUT2D eigenvalue weighted by Gasteiger charge is -2.36. The minimum Gasteiger partial charge on any atom is -0.497 e. The van der Waals surface area contributed by atoms with Crippen molar-refractivity contribution in [3.05, 3.63) is 95.6 Å². The zero-order valence-electron chi connectivity index (χ0n) is 22.8. The second-order valence-corrected chi connectivity index (χ2v) is 8.47. The van der Waals surface area contributed by atoms with Crippen molar-refractivity contribution in [1.29, 1.82) is 0 Å². The molecule has 0 fully saturated rings. The molecule has 3 aromatic carbocycles. The molecule has 37 heavy (non-hydrogen) atoms. The van der Waals surface area contributed by atoms with Gasteiger partial charge in [0.1, 0.15) is 17.1 Å². The van der Waals surface area contributed by atoms with Crippen molar-refractivity contribution in [2.45, 2.75) is 39.2 Å². The first-order valence-electron chi connectivity index (χ1n) is 12.9. The first-order chi connectivity index (χ1) is 17.9. The highest BCUT2D eigenvalue weighted by Crippen LogP contribution is 2.41. The third kappa shape index (κ3) is 8.34. The summed E-state index contributed by atoms with van der Waals surface area (Å²) in [5, 5.41) is 9.03. The van der Waals surface area contributed by atoms with E-state index in [0.717, 1.165) is 28.2 Å². The highest BCUT2D eigenvalue weighted by Gasteiger charge is 2.37. The van der Waals surface area contributed by atoms with Gasteiger partial charge in [-0.25, -0.2) is 0 Å². The number of rotatable bonds is 13. The number of benzene rings is 3. The summed E-state index contributed by atoms with van der Waals surface area (Å²) in [7, 11) is 3.26. The van der Waals surface area contributed by atoms with E-state index in [-0.39, 0.29) is 6.42 Å². The van der Waals surface area contributed by atoms with Crippen LogP contribution in [-0.2, 0) is 15.1 Å². The lowest BCUT2D eigenvalue weighted by molar-refractivity contribution is -0.137. The number of aliphatic carboxylic acids is 1. The van der Waals surface area contributed by atoms with Gasteiger partial charge in [-0.1, -0.05) is 75.4 Å². The summed E-state index contributed by atoms with van der Waals surface area (Å²) in [6.45, 7) is 10.4. The van der Waals surface area contributed by atoms with Crippen LogP contribution in [-0.4, -0.2) is 56.4 Å². The molecule has 6 heteroatoms. The third-order valence-corrected chi connectivity index (χ3v) is 6.37. The fraction of sp³-hybridized carbons (Fsp3) is 0.387. The fourth-order valence-electron chi connectivity index (χ4n) is 4.19. The van der Waals surface area contributed by atoms with Gasteiger partial charge in [0.05, 0.1) is 14.2 Å². The molecule has 0 saturated carbocycles. The Morgan fingerprint density at radius 2 is 1.16 bits per heavy atom. The number of hydrogen-bond donors (Lipinski definition) is 1. The number of methoxy groups -OCH3 is 2. The molecule has 3 rings (SSSR count). The molecule has 0 saturated heterocycles. The van der Waals surface area contributed by atoms with Crippen molar-refractivity contribution in [1.82, 2.24) is 4.90 Å². The van der Waals surface area contributed by atoms with Crippen molar-refractivity contribution < 1.29 is 24.1 Å². The average Bonchev–Trinajstić information content (AvgIpc) is 2.95. The molecule has 0 unspecified atom stereocenters. The fourth-order valence-corrected chi connectivity index (χ4v) is 4.19. The maximum atomic E-state index is 11.0. The van der Waals surface area contributed by atoms with Crippen LogP contribution in [0.4, 0.5) is 0 Å². The molecule has 1 N–H and O–H groups in total. The molecule has 0 bridgehead atoms. The topological polar surface area (TPSA) is 68.2 Å². The maximum Gasteiger partial charge on any atom is 0.303 e. The first-order valence-corrected chi connectivity index (χ1v) is 12.9. The van der Waals surface area contributed by atoms with E-state index >= 15 is 0 Å². The number of ether oxygens (including phenoxy) is 3. The molecule has 0 aliphatic rings. The minimum atomic E-state index is -0.904. The van der Waals surface area contributed by atoms with Crippen LogP contribution in [0.3, 0.4) is 0 Å². The van der Waals surface area contributed by atoms with Crippen LogP contribution < -0.4 is 9.47 Å². The van der Waals surface area contributed by atoms with Crippen LogP contribution in [0.1, 0.15) is 50.3 Å². The lowest BCUT2D eigenvalue weighted by atomic mass is 9.80. The van der Waals surface area contributed by atoms with Crippen molar-refractivity contribution in [2.75, 3.05) is 40.5 Å². The number of hydrogen-bond acceptors (Lipinski definition) is 5. The van der Waals surface area contributed by atoms with Crippen molar-refractivity contribution in [2.24, 2.45) is 0 Å². The van der Waals surface area contributed by atoms with E-state index in [1.807, 2.05) is 78.9 Å². The molecule has 0 aliphatic carbocycles. The van der Waals surface area contributed by atoms with Gasteiger partial charge in [-0.05, 0) is 67.0 Å². The van der Waals surface area contributed by atoms with E-state index in [1.165, 1.54) is 19.6 Å². The Bertz CT molecular complexity index is 978. The molecule has 0 radical (unpaired) electrons. The van der Waals surface area contributed by atoms with Gasteiger partial charge in [0.2, 0.25) is 0 Å². The summed E-state index contributed by atoms with van der Waals surface area (Å²) in [6, 6.07) is 25.5. The highest BCUT2D eigenvalue weighted by molar-refractivity contribution is 5.66. The van der Waals surface area contributed by atoms with Gasteiger partial charge < -0.3 is 24.2 Å². The molecule has 0 spiro atoms. The Morgan fingerprint density at radius 3 is 1.51 bits per heavy atom. The molecule has 0 atom stereocenters. The quantitative estimate of drug-likeness (QED) is 0.219. The number of carboxylic acid groups (broad SMARTS) is 1. The van der Waals surface area contributed by atoms with Crippen LogP contribution >= 0.6 is 0 Å². The standard InChI is InChI=1S/C25H26O5.C6H15N/c1-28-22-14-10-20(11-15-22)25(19-7-4-3-5-8-19,30-18-6-9-24(26)27)21-12-16-23(29-2)17-13-21;1-4-7(5-2)6-3/h3-5,7-8,10-17H,6,9,18H2,1-2H3,(H,26,27);4-6H2,1-3H3. The third-order valence-electron chi connectivity index (χ3n) is 6.37. The smallest absolute Gasteiger partial charge is 0.303 e. The summed E-state index contributed by atoms with van der Waals surface area (Å²) in [5.41, 5.74) is 1.90. The molecule has 6 nitrogen and oxygen atoms in total. The first kappa shape index (κ1) is 29.9. The largest absolute Gasteiger partial charge is 0.497 e. The van der Waals surface area contributed by atoms with E-state index in [0.29, 0.717) is 13.0 Å². The normalized spacial score (nSPS) is 11.0. The average molecular weight is 508 g/mol. The maximum absolute atomic E-state index is 11.0. The van der Waals surface area contributed by atoms with E-state index < -0.39 is 11.6 Å². The summed E-state index contributed by atoms with van der Waals surface area (Å²) >= 11 is 0. The van der Waals surface area contributed by atoms with Crippen molar-refractivity contribution in [3.63, 3.8) is 0 Å². The molecule has 0 aliphatic heterocycles. The predicted molar refractivity (Wildman–Crippen MR) is 149 cm³/mol. The molecule has 3 aromatic rings. The van der Waals surface area contributed by atoms with Crippen LogP contribution in [0.5, 0.6) is 11.5 Å². The zero-order valence-corrected chi connectivity index (χ0v) is 22.8. The number of carboxylic acids is 1. The van der Waals surface area contributed by atoms with Crippen molar-refractivity contribution >= 4 is 5.97 Å². The number of nitrogens with zero attached hydrogens (tertiary/aromatic N) is 1. The van der Waals surface area contributed by atoms with Crippen LogP contribution in [0.2, 0.25) is 0 Å². The Hall–Kier alpha value is -3.35. The molecule has 0 heterocycles. The van der Waals surface area contributed by atoms with E-state index in [2.05, 4.69) is 25.7 Å². The predicted octanol–water partition coefficient (Wildman–Crippen LogP) is 6.23. The van der Waals surface area contributed by atoms with Gasteiger partial charge >= 0.3 is 5.97 Å². The van der Waals surface area contributed by atoms with E-state index in [1.54, 1.807) is 14.2 Å².